The minimum atomic E-state index is 1.23. The maximum atomic E-state index is 3.71. The van der Waals surface area contributed by atoms with Crippen LogP contribution in [0.2, 0.25) is 0 Å². The third-order valence-corrected chi connectivity index (χ3v) is 2.12. The summed E-state index contributed by atoms with van der Waals surface area (Å²) in [4.78, 5) is 0. The molecule has 0 spiro atoms. The van der Waals surface area contributed by atoms with Gasteiger partial charge < -0.3 is 0 Å². The summed E-state index contributed by atoms with van der Waals surface area (Å²) in [6.07, 6.45) is 3.85. The minimum absolute atomic E-state index is 1.23. The summed E-state index contributed by atoms with van der Waals surface area (Å²) in [7, 11) is 0. The molecule has 0 heteroatoms. The molecule has 0 aliphatic carbocycles. The van der Waals surface area contributed by atoms with Gasteiger partial charge in [0.2, 0.25) is 0 Å². The molecule has 13 heavy (non-hydrogen) atoms. The zero-order valence-corrected chi connectivity index (χ0v) is 7.40. The van der Waals surface area contributed by atoms with Crippen LogP contribution in [-0.2, 0) is 0 Å². The Hall–Kier alpha value is -1.56. The molecule has 0 heterocycles. The highest BCUT2D eigenvalue weighted by Crippen LogP contribution is 2.19. The highest BCUT2D eigenvalue weighted by atomic mass is 14.3. The van der Waals surface area contributed by atoms with Crippen LogP contribution in [0.15, 0.2) is 55.1 Å². The van der Waals surface area contributed by atoms with Gasteiger partial charge in [-0.25, -0.2) is 0 Å². The second-order valence-electron chi connectivity index (χ2n) is 2.97. The SMILES string of the molecule is C=C[CH][13c]1cccc2ccccc21. The van der Waals surface area contributed by atoms with Crippen molar-refractivity contribution < 1.29 is 0 Å². The van der Waals surface area contributed by atoms with Crippen LogP contribution in [0.25, 0.3) is 10.8 Å². The summed E-state index contributed by atoms with van der Waals surface area (Å²) in [5.41, 5.74) is 1.23. The fraction of sp³-hybridized carbons (Fsp3) is 0. The van der Waals surface area contributed by atoms with Gasteiger partial charge in [0.25, 0.3) is 0 Å². The number of fused-ring (bicyclic) bond motifs is 1. The lowest BCUT2D eigenvalue weighted by Gasteiger charge is -2.02. The smallest absolute Gasteiger partial charge is 0.0125 e. The Morgan fingerprint density at radius 3 is 2.54 bits per heavy atom. The fourth-order valence-corrected chi connectivity index (χ4v) is 1.52. The second-order valence-corrected chi connectivity index (χ2v) is 2.97. The van der Waals surface area contributed by atoms with Gasteiger partial charge in [0.15, 0.2) is 0 Å². The Labute approximate surface area is 78.5 Å². The van der Waals surface area contributed by atoms with E-state index in [2.05, 4.69) is 49.0 Å². The van der Waals surface area contributed by atoms with Gasteiger partial charge in [-0.3, -0.25) is 0 Å². The quantitative estimate of drug-likeness (QED) is 0.643. The van der Waals surface area contributed by atoms with Crippen LogP contribution in [0, 0.1) is 6.42 Å². The van der Waals surface area contributed by atoms with Crippen molar-refractivity contribution >= 4 is 10.8 Å². The largest absolute Gasteiger partial charge is 0.102 e. The first-order valence-corrected chi connectivity index (χ1v) is 4.35. The number of allylic oxidation sites excluding steroid dienone is 1. The Balaban J connectivity index is 2.68. The Kier molecular flexibility index (Phi) is 2.13. The molecule has 0 N–H and O–H groups in total. The summed E-state index contributed by atoms with van der Waals surface area (Å²) in [5.74, 6) is 0. The van der Waals surface area contributed by atoms with E-state index in [9.17, 15) is 0 Å². The summed E-state index contributed by atoms with van der Waals surface area (Å²) in [6.45, 7) is 3.71. The van der Waals surface area contributed by atoms with Crippen molar-refractivity contribution in [2.75, 3.05) is 0 Å². The van der Waals surface area contributed by atoms with Gasteiger partial charge in [0, 0.05) is 6.42 Å². The van der Waals surface area contributed by atoms with Crippen LogP contribution < -0.4 is 0 Å². The minimum Gasteiger partial charge on any atom is -0.102 e. The molecule has 0 aromatic heterocycles. The summed E-state index contributed by atoms with van der Waals surface area (Å²) in [6, 6.07) is 14.7. The van der Waals surface area contributed by atoms with Crippen molar-refractivity contribution in [1.29, 1.82) is 0 Å². The summed E-state index contributed by atoms with van der Waals surface area (Å²) < 4.78 is 0. The van der Waals surface area contributed by atoms with Crippen LogP contribution in [0.1, 0.15) is 5.56 Å². The highest BCUT2D eigenvalue weighted by Gasteiger charge is 1.96. The normalized spacial score (nSPS) is 10.2. The molecule has 0 atom stereocenters. The predicted molar refractivity (Wildman–Crippen MR) is 57.5 cm³/mol. The lowest BCUT2D eigenvalue weighted by Crippen LogP contribution is -1.80. The summed E-state index contributed by atoms with van der Waals surface area (Å²) >= 11 is 0. The van der Waals surface area contributed by atoms with E-state index in [-0.39, 0.29) is 0 Å². The van der Waals surface area contributed by atoms with Crippen molar-refractivity contribution in [1.82, 2.24) is 0 Å². The van der Waals surface area contributed by atoms with Crippen molar-refractivity contribution in [2.24, 2.45) is 0 Å². The standard InChI is InChI=1S/C13H11/c1-2-6-11-8-5-9-12-7-3-4-10-13(11)12/h2-10H,1H2/i11+1. The number of benzene rings is 2. The molecule has 0 bridgehead atoms. The van der Waals surface area contributed by atoms with Crippen molar-refractivity contribution in [3.05, 3.63) is 67.1 Å². The molecule has 0 fully saturated rings. The third kappa shape index (κ3) is 1.48. The highest BCUT2D eigenvalue weighted by molar-refractivity contribution is 5.86. The van der Waals surface area contributed by atoms with E-state index in [0.29, 0.717) is 0 Å². The van der Waals surface area contributed by atoms with E-state index in [1.807, 2.05) is 12.5 Å². The third-order valence-electron chi connectivity index (χ3n) is 2.12. The van der Waals surface area contributed by atoms with Crippen LogP contribution in [0.3, 0.4) is 0 Å². The molecule has 2 rings (SSSR count). The fourth-order valence-electron chi connectivity index (χ4n) is 1.52. The van der Waals surface area contributed by atoms with E-state index in [0.717, 1.165) is 0 Å². The molecule has 0 saturated carbocycles. The van der Waals surface area contributed by atoms with E-state index in [1.54, 1.807) is 0 Å². The van der Waals surface area contributed by atoms with Gasteiger partial charge in [-0.05, 0) is 16.3 Å². The topological polar surface area (TPSA) is 0 Å². The predicted octanol–water partition coefficient (Wildman–Crippen LogP) is 3.58. The first-order chi connectivity index (χ1) is 6.42. The van der Waals surface area contributed by atoms with Gasteiger partial charge in [-0.2, -0.15) is 0 Å². The molecular formula is C13H11. The molecule has 0 nitrogen and oxygen atoms in total. The lowest BCUT2D eigenvalue weighted by atomic mass is 10.1. The maximum absolute atomic E-state index is 3.71. The monoisotopic (exact) mass is 168 g/mol. The van der Waals surface area contributed by atoms with Crippen LogP contribution in [-0.4, -0.2) is 0 Å². The molecule has 0 saturated heterocycles. The average Bonchev–Trinajstić information content (AvgIpc) is 2.19. The van der Waals surface area contributed by atoms with E-state index < -0.39 is 0 Å². The van der Waals surface area contributed by atoms with Gasteiger partial charge >= 0.3 is 0 Å². The van der Waals surface area contributed by atoms with Crippen molar-refractivity contribution in [3.63, 3.8) is 0 Å². The van der Waals surface area contributed by atoms with Gasteiger partial charge in [0.05, 0.1) is 0 Å². The summed E-state index contributed by atoms with van der Waals surface area (Å²) in [5, 5.41) is 2.56. The lowest BCUT2D eigenvalue weighted by molar-refractivity contribution is 1.58. The first-order valence-electron chi connectivity index (χ1n) is 4.35. The molecule has 0 aliphatic heterocycles. The Morgan fingerprint density at radius 2 is 1.69 bits per heavy atom. The van der Waals surface area contributed by atoms with Gasteiger partial charge in [0.1, 0.15) is 0 Å². The molecule has 0 amide bonds. The Bertz CT molecular complexity index is 421. The van der Waals surface area contributed by atoms with Crippen molar-refractivity contribution in [2.45, 2.75) is 0 Å². The van der Waals surface area contributed by atoms with Gasteiger partial charge in [-0.1, -0.05) is 48.5 Å². The number of hydrogen-bond acceptors (Lipinski definition) is 0. The zero-order chi connectivity index (χ0) is 9.10. The maximum Gasteiger partial charge on any atom is 0.0125 e. The van der Waals surface area contributed by atoms with Crippen LogP contribution in [0.5, 0.6) is 0 Å². The molecular weight excluding hydrogens is 157 g/mol. The first kappa shape index (κ1) is 8.06. The van der Waals surface area contributed by atoms with Crippen LogP contribution in [0.4, 0.5) is 0 Å². The zero-order valence-electron chi connectivity index (χ0n) is 7.40. The molecule has 63 valence electrons. The average molecular weight is 168 g/mol. The van der Waals surface area contributed by atoms with Crippen LogP contribution >= 0.6 is 0 Å². The molecule has 0 unspecified atom stereocenters. The molecule has 1 radical (unpaired) electrons. The Morgan fingerprint density at radius 1 is 0.923 bits per heavy atom. The molecule has 0 aliphatic rings. The van der Waals surface area contributed by atoms with Crippen molar-refractivity contribution in [3.8, 4) is 0 Å². The van der Waals surface area contributed by atoms with E-state index in [4.69, 9.17) is 0 Å². The number of rotatable bonds is 2. The second kappa shape index (κ2) is 3.44. The number of hydrogen-bond donors (Lipinski definition) is 0. The molecule has 2 aromatic carbocycles. The van der Waals surface area contributed by atoms with E-state index >= 15 is 0 Å². The molecule has 2 aromatic rings. The van der Waals surface area contributed by atoms with Gasteiger partial charge in [-0.15, -0.1) is 6.58 Å². The van der Waals surface area contributed by atoms with E-state index in [1.165, 1.54) is 16.3 Å².